The van der Waals surface area contributed by atoms with Gasteiger partial charge in [0.1, 0.15) is 17.1 Å². The van der Waals surface area contributed by atoms with Crippen molar-refractivity contribution in [3.8, 4) is 16.9 Å². The highest BCUT2D eigenvalue weighted by Crippen LogP contribution is 2.37. The summed E-state index contributed by atoms with van der Waals surface area (Å²) in [7, 11) is 0. The largest absolute Gasteiger partial charge is 0.493 e. The Morgan fingerprint density at radius 1 is 1.28 bits per heavy atom. The number of H-pyrrole nitrogens is 1. The maximum atomic E-state index is 14.2. The molecule has 1 aliphatic heterocycles. The minimum absolute atomic E-state index is 0.284. The maximum Gasteiger partial charge on any atom is 0.255 e. The van der Waals surface area contributed by atoms with Gasteiger partial charge in [-0.05, 0) is 62.9 Å². The van der Waals surface area contributed by atoms with Crippen molar-refractivity contribution in [1.82, 2.24) is 20.6 Å². The number of β-amino-alcohol motifs (C(OH)–C–C–N with tert-alkyl or cyclic N) is 1. The van der Waals surface area contributed by atoms with Crippen molar-refractivity contribution in [2.45, 2.75) is 38.3 Å². The molecule has 7 nitrogen and oxygen atoms in total. The number of hydrogen-bond acceptors (Lipinski definition) is 5. The molecule has 2 aliphatic rings. The average Bonchev–Trinajstić information content (AvgIpc) is 3.54. The lowest BCUT2D eigenvalue weighted by Crippen LogP contribution is -2.52. The van der Waals surface area contributed by atoms with Gasteiger partial charge in [0.25, 0.3) is 5.91 Å². The van der Waals surface area contributed by atoms with Crippen LogP contribution in [-0.2, 0) is 0 Å². The van der Waals surface area contributed by atoms with Crippen LogP contribution in [0.5, 0.6) is 5.75 Å². The van der Waals surface area contributed by atoms with Crippen molar-refractivity contribution in [3.05, 3.63) is 47.5 Å². The Labute approximate surface area is 185 Å². The molecule has 1 saturated carbocycles. The first kappa shape index (κ1) is 20.9. The van der Waals surface area contributed by atoms with Crippen molar-refractivity contribution in [2.75, 3.05) is 19.7 Å². The molecule has 0 radical (unpaired) electrons. The van der Waals surface area contributed by atoms with Crippen LogP contribution >= 0.6 is 0 Å². The molecule has 1 aliphatic carbocycles. The minimum atomic E-state index is -0.639. The lowest BCUT2D eigenvalue weighted by atomic mass is 10.0. The Bertz CT molecular complexity index is 1160. The normalized spacial score (nSPS) is 21.0. The van der Waals surface area contributed by atoms with E-state index in [9.17, 15) is 14.3 Å². The minimum Gasteiger partial charge on any atom is -0.493 e. The first-order chi connectivity index (χ1) is 15.5. The van der Waals surface area contributed by atoms with Crippen molar-refractivity contribution in [2.24, 2.45) is 5.92 Å². The fourth-order valence-corrected chi connectivity index (χ4v) is 4.29. The third kappa shape index (κ3) is 4.08. The number of nitrogens with zero attached hydrogens (tertiary/aromatic N) is 1. The van der Waals surface area contributed by atoms with Crippen LogP contribution in [0.15, 0.2) is 30.5 Å². The number of aliphatic hydroxyl groups is 1. The van der Waals surface area contributed by atoms with E-state index in [0.717, 1.165) is 24.9 Å². The van der Waals surface area contributed by atoms with E-state index < -0.39 is 6.10 Å². The first-order valence-corrected chi connectivity index (χ1v) is 11.1. The smallest absolute Gasteiger partial charge is 0.255 e. The van der Waals surface area contributed by atoms with Crippen molar-refractivity contribution in [1.29, 1.82) is 0 Å². The molecular weight excluding hydrogens is 411 g/mol. The molecule has 2 fully saturated rings. The highest BCUT2D eigenvalue weighted by Gasteiger charge is 2.28. The number of ether oxygens (including phenoxy) is 1. The number of aromatic nitrogens is 2. The van der Waals surface area contributed by atoms with Gasteiger partial charge in [0.15, 0.2) is 0 Å². The van der Waals surface area contributed by atoms with Crippen LogP contribution in [0, 0.1) is 18.7 Å². The molecule has 32 heavy (non-hydrogen) atoms. The summed E-state index contributed by atoms with van der Waals surface area (Å²) < 4.78 is 20.2. The van der Waals surface area contributed by atoms with Gasteiger partial charge in [0.2, 0.25) is 0 Å². The van der Waals surface area contributed by atoms with Crippen LogP contribution in [0.1, 0.15) is 35.3 Å². The highest BCUT2D eigenvalue weighted by atomic mass is 19.1. The number of benzene rings is 1. The molecule has 4 N–H and O–H groups in total. The number of rotatable bonds is 6. The highest BCUT2D eigenvalue weighted by molar-refractivity contribution is 6.09. The van der Waals surface area contributed by atoms with Crippen molar-refractivity contribution in [3.63, 3.8) is 0 Å². The quantitative estimate of drug-likeness (QED) is 0.474. The third-order valence-corrected chi connectivity index (χ3v) is 6.27. The van der Waals surface area contributed by atoms with E-state index in [4.69, 9.17) is 4.74 Å². The van der Waals surface area contributed by atoms with E-state index >= 15 is 0 Å². The number of amides is 1. The van der Waals surface area contributed by atoms with E-state index in [1.54, 1.807) is 18.3 Å². The van der Waals surface area contributed by atoms with Gasteiger partial charge in [-0.2, -0.15) is 0 Å². The number of nitrogens with one attached hydrogen (secondary N) is 3. The summed E-state index contributed by atoms with van der Waals surface area (Å²) in [4.78, 5) is 20.8. The number of halogens is 1. The van der Waals surface area contributed by atoms with Gasteiger partial charge in [-0.15, -0.1) is 0 Å². The summed E-state index contributed by atoms with van der Waals surface area (Å²) in [5, 5.41) is 16.2. The second-order valence-corrected chi connectivity index (χ2v) is 8.74. The van der Waals surface area contributed by atoms with Crippen LogP contribution in [0.25, 0.3) is 22.2 Å². The van der Waals surface area contributed by atoms with Crippen LogP contribution in [-0.4, -0.2) is 52.8 Å². The van der Waals surface area contributed by atoms with Gasteiger partial charge in [0.05, 0.1) is 29.8 Å². The number of aromatic amines is 1. The van der Waals surface area contributed by atoms with Crippen LogP contribution < -0.4 is 15.4 Å². The summed E-state index contributed by atoms with van der Waals surface area (Å²) in [6, 6.07) is 5.99. The predicted octanol–water partition coefficient (Wildman–Crippen LogP) is 2.92. The molecule has 3 aromatic rings. The molecular formula is C24H27FN4O3. The van der Waals surface area contributed by atoms with E-state index in [0.29, 0.717) is 59.1 Å². The molecule has 1 saturated heterocycles. The number of fused-ring (bicyclic) bond motifs is 1. The Morgan fingerprint density at radius 2 is 2.12 bits per heavy atom. The predicted molar refractivity (Wildman–Crippen MR) is 119 cm³/mol. The van der Waals surface area contributed by atoms with Crippen molar-refractivity contribution < 1.29 is 19.0 Å². The molecule has 0 unspecified atom stereocenters. The lowest BCUT2D eigenvalue weighted by Gasteiger charge is -2.29. The van der Waals surface area contributed by atoms with Gasteiger partial charge < -0.3 is 25.5 Å². The van der Waals surface area contributed by atoms with Crippen LogP contribution in [0.2, 0.25) is 0 Å². The number of aliphatic hydroxyl groups excluding tert-OH is 1. The Morgan fingerprint density at radius 3 is 2.91 bits per heavy atom. The van der Waals surface area contributed by atoms with Gasteiger partial charge in [-0.3, -0.25) is 9.78 Å². The van der Waals surface area contributed by atoms with Gasteiger partial charge >= 0.3 is 0 Å². The van der Waals surface area contributed by atoms with Crippen LogP contribution in [0.4, 0.5) is 4.39 Å². The summed E-state index contributed by atoms with van der Waals surface area (Å²) in [6.07, 6.45) is 3.96. The Balaban J connectivity index is 1.51. The topological polar surface area (TPSA) is 99.3 Å². The molecule has 1 amide bonds. The summed E-state index contributed by atoms with van der Waals surface area (Å²) >= 11 is 0. The SMILES string of the molecule is Cc1[nH]c2c(-c3cc(F)ccc3OCC3CC3)ccnc2c1C(=O)N[C@@H]1CCNC[C@H]1O. The number of piperidine rings is 1. The third-order valence-electron chi connectivity index (χ3n) is 6.27. The molecule has 2 aromatic heterocycles. The molecule has 8 heteroatoms. The maximum absolute atomic E-state index is 14.2. The molecule has 1 aromatic carbocycles. The lowest BCUT2D eigenvalue weighted by molar-refractivity contribution is 0.0766. The fraction of sp³-hybridized carbons (Fsp3) is 0.417. The monoisotopic (exact) mass is 438 g/mol. The van der Waals surface area contributed by atoms with Gasteiger partial charge in [-0.1, -0.05) is 0 Å². The Hall–Kier alpha value is -2.97. The van der Waals surface area contributed by atoms with E-state index in [1.165, 1.54) is 12.1 Å². The second-order valence-electron chi connectivity index (χ2n) is 8.74. The van der Waals surface area contributed by atoms with E-state index in [-0.39, 0.29) is 17.8 Å². The number of carbonyl (C=O) groups excluding carboxylic acids is 1. The zero-order valence-electron chi connectivity index (χ0n) is 18.0. The molecule has 168 valence electrons. The number of aryl methyl sites for hydroxylation is 1. The average molecular weight is 439 g/mol. The number of carbonyl (C=O) groups is 1. The van der Waals surface area contributed by atoms with Crippen molar-refractivity contribution >= 4 is 16.9 Å². The molecule has 2 atom stereocenters. The zero-order chi connectivity index (χ0) is 22.2. The fourth-order valence-electron chi connectivity index (χ4n) is 4.29. The summed E-state index contributed by atoms with van der Waals surface area (Å²) in [5.41, 5.74) is 3.62. The summed E-state index contributed by atoms with van der Waals surface area (Å²) in [5.74, 6) is 0.541. The van der Waals surface area contributed by atoms with Crippen LogP contribution in [0.3, 0.4) is 0 Å². The molecule has 3 heterocycles. The standard InChI is InChI=1S/C24H27FN4O3/c1-13-21(24(31)29-18-7-8-26-11-19(18)30)23-22(28-13)16(6-9-27-23)17-10-15(25)4-5-20(17)32-12-14-2-3-14/h4-6,9-10,14,18-19,26,28,30H,2-3,7-8,11-12H2,1H3,(H,29,31)/t18-,19-/m1/s1. The van der Waals surface area contributed by atoms with Gasteiger partial charge in [0, 0.05) is 29.6 Å². The first-order valence-electron chi connectivity index (χ1n) is 11.1. The summed E-state index contributed by atoms with van der Waals surface area (Å²) in [6.45, 7) is 3.61. The molecule has 0 spiro atoms. The second kappa shape index (κ2) is 8.52. The Kier molecular flexibility index (Phi) is 5.57. The van der Waals surface area contributed by atoms with Gasteiger partial charge in [-0.25, -0.2) is 4.39 Å². The molecule has 5 rings (SSSR count). The molecule has 0 bridgehead atoms. The zero-order valence-corrected chi connectivity index (χ0v) is 18.0. The number of pyridine rings is 1. The number of hydrogen-bond donors (Lipinski definition) is 4. The van der Waals surface area contributed by atoms with E-state index in [1.807, 2.05) is 6.92 Å². The van der Waals surface area contributed by atoms with E-state index in [2.05, 4.69) is 20.6 Å².